The third-order valence-corrected chi connectivity index (χ3v) is 17.3. The van der Waals surface area contributed by atoms with E-state index < -0.39 is 104 Å². The molecule has 326 valence electrons. The molecule has 4 saturated carbocycles. The van der Waals surface area contributed by atoms with Gasteiger partial charge >= 0.3 is 5.97 Å². The van der Waals surface area contributed by atoms with Crippen molar-refractivity contribution >= 4 is 5.97 Å². The fraction of sp³-hybridized carbons (Fsp3) is 0.929. The molecule has 20 atom stereocenters. The average molecular weight is 813 g/mol. The van der Waals surface area contributed by atoms with Crippen molar-refractivity contribution in [1.29, 1.82) is 0 Å². The van der Waals surface area contributed by atoms with E-state index in [0.29, 0.717) is 25.7 Å². The topological polar surface area (TPSA) is 256 Å². The summed E-state index contributed by atoms with van der Waals surface area (Å²) in [4.78, 5) is 14.8. The predicted molar refractivity (Wildman–Crippen MR) is 200 cm³/mol. The van der Waals surface area contributed by atoms with Crippen LogP contribution in [-0.2, 0) is 23.7 Å². The number of hydrogen-bond acceptors (Lipinski definition) is 15. The third-order valence-electron chi connectivity index (χ3n) is 17.3. The second-order valence-corrected chi connectivity index (χ2v) is 20.7. The lowest BCUT2D eigenvalue weighted by molar-refractivity contribution is -0.328. The van der Waals surface area contributed by atoms with Crippen LogP contribution >= 0.6 is 0 Å². The summed E-state index contributed by atoms with van der Waals surface area (Å²) in [5.74, 6) is -0.585. The summed E-state index contributed by atoms with van der Waals surface area (Å²) in [6.45, 7) is 11.8. The van der Waals surface area contributed by atoms with Crippen LogP contribution in [0.4, 0.5) is 0 Å². The molecule has 2 aliphatic heterocycles. The zero-order valence-corrected chi connectivity index (χ0v) is 34.2. The molecule has 0 aromatic heterocycles. The molecule has 0 radical (unpaired) electrons. The largest absolute Gasteiger partial charge is 0.432 e. The molecule has 7 rings (SSSR count). The first-order valence-electron chi connectivity index (χ1n) is 21.1. The highest BCUT2D eigenvalue weighted by Gasteiger charge is 2.71. The summed E-state index contributed by atoms with van der Waals surface area (Å²) >= 11 is 0. The van der Waals surface area contributed by atoms with Crippen molar-refractivity contribution in [3.05, 3.63) is 11.6 Å². The lowest BCUT2D eigenvalue weighted by Gasteiger charge is -2.71. The zero-order chi connectivity index (χ0) is 41.8. The Morgan fingerprint density at radius 1 is 0.737 bits per heavy atom. The van der Waals surface area contributed by atoms with Crippen LogP contribution in [0.5, 0.6) is 0 Å². The smallest absolute Gasteiger partial charge is 0.315 e. The number of allylic oxidation sites excluding steroid dienone is 2. The van der Waals surface area contributed by atoms with Crippen molar-refractivity contribution in [3.63, 3.8) is 0 Å². The number of fused-ring (bicyclic) bond motifs is 7. The van der Waals surface area contributed by atoms with Crippen LogP contribution in [0.15, 0.2) is 11.6 Å². The number of aliphatic hydroxyl groups is 10. The van der Waals surface area contributed by atoms with Crippen molar-refractivity contribution in [2.45, 2.75) is 173 Å². The Hall–Kier alpha value is -1.31. The van der Waals surface area contributed by atoms with Gasteiger partial charge in [-0.2, -0.15) is 0 Å². The molecule has 0 aromatic carbocycles. The van der Waals surface area contributed by atoms with Gasteiger partial charge in [0.05, 0.1) is 37.4 Å². The first-order chi connectivity index (χ1) is 26.5. The second kappa shape index (κ2) is 14.9. The first-order valence-corrected chi connectivity index (χ1v) is 21.1. The van der Waals surface area contributed by atoms with E-state index in [1.54, 1.807) is 0 Å². The Labute approximate surface area is 335 Å². The molecule has 5 aliphatic carbocycles. The minimum Gasteiger partial charge on any atom is -0.432 e. The highest BCUT2D eigenvalue weighted by Crippen LogP contribution is 2.76. The monoisotopic (exact) mass is 812 g/mol. The summed E-state index contributed by atoms with van der Waals surface area (Å²) in [6.07, 6.45) is -9.73. The normalized spacial score (nSPS) is 54.7. The molecule has 15 nitrogen and oxygen atoms in total. The molecule has 0 bridgehead atoms. The number of hydrogen-bond donors (Lipinski definition) is 10. The third kappa shape index (κ3) is 6.51. The molecule has 6 fully saturated rings. The molecule has 57 heavy (non-hydrogen) atoms. The maximum atomic E-state index is 14.8. The Morgan fingerprint density at radius 2 is 1.35 bits per heavy atom. The highest BCUT2D eigenvalue weighted by atomic mass is 16.7. The van der Waals surface area contributed by atoms with Gasteiger partial charge in [-0.15, -0.1) is 0 Å². The number of ether oxygens (including phenoxy) is 4. The lowest BCUT2D eigenvalue weighted by Crippen LogP contribution is -2.68. The van der Waals surface area contributed by atoms with Gasteiger partial charge in [0.2, 0.25) is 6.29 Å². The summed E-state index contributed by atoms with van der Waals surface area (Å²) in [5, 5.41) is 106. The minimum atomic E-state index is -1.80. The van der Waals surface area contributed by atoms with Crippen LogP contribution in [0.3, 0.4) is 0 Å². The van der Waals surface area contributed by atoms with E-state index in [1.807, 2.05) is 6.92 Å². The molecule has 15 heteroatoms. The van der Waals surface area contributed by atoms with Gasteiger partial charge in [-0.1, -0.05) is 53.2 Å². The van der Waals surface area contributed by atoms with E-state index in [-0.39, 0.29) is 46.0 Å². The standard InChI is InChI=1S/C42H68O15/c1-37(2)11-13-42(36(53)57-35-32(51)30(49)28(47)24(56-35)18-54-34-31(50)29(48)27(46)23(17-43)55-34)14-12-40(5)20(21(42)15-37)7-8-26-38(3)16-22(45)33(52)39(4,19-44)25(38)9-10-41(26,40)6/h7,21-35,43-52H,8-19H2,1-6H3. The van der Waals surface area contributed by atoms with Crippen LogP contribution in [0.25, 0.3) is 0 Å². The Balaban J connectivity index is 1.14. The molecule has 2 heterocycles. The summed E-state index contributed by atoms with van der Waals surface area (Å²) in [7, 11) is 0. The van der Waals surface area contributed by atoms with Gasteiger partial charge < -0.3 is 70.0 Å². The predicted octanol–water partition coefficient (Wildman–Crippen LogP) is 0.260. The molecule has 0 spiro atoms. The number of rotatable bonds is 7. The van der Waals surface area contributed by atoms with Crippen molar-refractivity contribution in [2.24, 2.45) is 50.2 Å². The van der Waals surface area contributed by atoms with E-state index >= 15 is 0 Å². The molecule has 2 saturated heterocycles. The van der Waals surface area contributed by atoms with Gasteiger partial charge in [0.25, 0.3) is 0 Å². The van der Waals surface area contributed by atoms with E-state index in [4.69, 9.17) is 18.9 Å². The maximum Gasteiger partial charge on any atom is 0.315 e. The zero-order valence-electron chi connectivity index (χ0n) is 34.2. The van der Waals surface area contributed by atoms with Crippen molar-refractivity contribution in [1.82, 2.24) is 0 Å². The minimum absolute atomic E-state index is 0.0125. The number of carbonyl (C=O) groups excluding carboxylic acids is 1. The molecular weight excluding hydrogens is 744 g/mol. The quantitative estimate of drug-likeness (QED) is 0.122. The fourth-order valence-corrected chi connectivity index (χ4v) is 13.5. The Kier molecular flexibility index (Phi) is 11.5. The summed E-state index contributed by atoms with van der Waals surface area (Å²) < 4.78 is 23.0. The van der Waals surface area contributed by atoms with Crippen LogP contribution in [-0.4, -0.2) is 150 Å². The Morgan fingerprint density at radius 3 is 2.00 bits per heavy atom. The fourth-order valence-electron chi connectivity index (χ4n) is 13.5. The number of esters is 1. The van der Waals surface area contributed by atoms with E-state index in [9.17, 15) is 55.9 Å². The second-order valence-electron chi connectivity index (χ2n) is 20.7. The maximum absolute atomic E-state index is 14.8. The van der Waals surface area contributed by atoms with Crippen LogP contribution in [0.2, 0.25) is 0 Å². The number of aliphatic hydroxyl groups excluding tert-OH is 10. The van der Waals surface area contributed by atoms with Gasteiger partial charge in [-0.25, -0.2) is 0 Å². The van der Waals surface area contributed by atoms with E-state index in [1.165, 1.54) is 5.57 Å². The number of carbonyl (C=O) groups is 1. The van der Waals surface area contributed by atoms with Gasteiger partial charge in [0.1, 0.15) is 48.8 Å². The van der Waals surface area contributed by atoms with Gasteiger partial charge in [0, 0.05) is 5.41 Å². The molecule has 0 amide bonds. The molecule has 7 aliphatic rings. The van der Waals surface area contributed by atoms with Gasteiger partial charge in [0.15, 0.2) is 6.29 Å². The SMILES string of the molecule is CC1(C)CCC2(C(=O)OC3OC(COC4OC(CO)C(O)C(O)C4O)C(O)C(O)C3O)CCC3(C)C(=CCC4C5(C)CC(O)C(O)C(C)(CO)C5CCC43C)C2C1. The van der Waals surface area contributed by atoms with Crippen LogP contribution in [0.1, 0.15) is 99.3 Å². The van der Waals surface area contributed by atoms with Gasteiger partial charge in [-0.3, -0.25) is 4.79 Å². The molecule has 0 aromatic rings. The lowest BCUT2D eigenvalue weighted by atomic mass is 9.33. The van der Waals surface area contributed by atoms with Crippen molar-refractivity contribution in [3.8, 4) is 0 Å². The Bertz CT molecular complexity index is 1540. The van der Waals surface area contributed by atoms with E-state index in [0.717, 1.165) is 32.1 Å². The van der Waals surface area contributed by atoms with Gasteiger partial charge in [-0.05, 0) is 97.2 Å². The summed E-state index contributed by atoms with van der Waals surface area (Å²) in [6, 6.07) is 0. The van der Waals surface area contributed by atoms with Crippen molar-refractivity contribution in [2.75, 3.05) is 19.8 Å². The van der Waals surface area contributed by atoms with Crippen molar-refractivity contribution < 1.29 is 74.8 Å². The molecule has 10 N–H and O–H groups in total. The average Bonchev–Trinajstić information content (AvgIpc) is 3.16. The summed E-state index contributed by atoms with van der Waals surface area (Å²) in [5.41, 5.74) is -1.53. The van der Waals surface area contributed by atoms with Crippen LogP contribution in [0, 0.1) is 50.2 Å². The highest BCUT2D eigenvalue weighted by molar-refractivity contribution is 5.79. The molecule has 20 unspecified atom stereocenters. The molecular formula is C42H68O15. The van der Waals surface area contributed by atoms with Crippen LogP contribution < -0.4 is 0 Å². The van der Waals surface area contributed by atoms with E-state index in [2.05, 4.69) is 40.7 Å². The first kappa shape index (κ1) is 43.8.